The lowest BCUT2D eigenvalue weighted by Crippen LogP contribution is -2.52. The zero-order valence-electron chi connectivity index (χ0n) is 10.2. The average molecular weight is 254 g/mol. The Kier molecular flexibility index (Phi) is 4.10. The molecule has 0 atom stereocenters. The van der Waals surface area contributed by atoms with Crippen LogP contribution in [0.25, 0.3) is 0 Å². The van der Waals surface area contributed by atoms with Crippen molar-refractivity contribution in [3.63, 3.8) is 0 Å². The Balaban J connectivity index is 5.60. The third kappa shape index (κ3) is 2.59. The van der Waals surface area contributed by atoms with Gasteiger partial charge in [-0.05, 0) is 13.8 Å². The number of rotatable bonds is 6. The molecule has 0 bridgehead atoms. The molecule has 0 aliphatic rings. The summed E-state index contributed by atoms with van der Waals surface area (Å²) in [5, 5.41) is 36.6. The topological polar surface area (TPSA) is 224 Å². The minimum Gasteiger partial charge on any atom is -0.385 e. The molecule has 12 N–H and O–H groups in total. The molecule has 100 valence electrons. The van der Waals surface area contributed by atoms with Gasteiger partial charge in [0, 0.05) is 0 Å². The predicted octanol–water partition coefficient (Wildman–Crippen LogP) is -1.30. The van der Waals surface area contributed by atoms with Gasteiger partial charge in [0.1, 0.15) is 23.3 Å². The lowest BCUT2D eigenvalue weighted by atomic mass is 10.00. The average Bonchev–Trinajstić information content (AvgIpc) is 2.23. The fraction of sp³-hybridized carbons (Fsp3) is 0.500. The summed E-state index contributed by atoms with van der Waals surface area (Å²) in [6.45, 7) is 2.61. The third-order valence-corrected chi connectivity index (χ3v) is 2.55. The van der Waals surface area contributed by atoms with Crippen LogP contribution in [0.4, 0.5) is 0 Å². The van der Waals surface area contributed by atoms with Crippen LogP contribution >= 0.6 is 0 Å². The van der Waals surface area contributed by atoms with Crippen molar-refractivity contribution in [2.24, 2.45) is 33.2 Å². The summed E-state index contributed by atoms with van der Waals surface area (Å²) in [5.74, 6) is -1.97. The van der Waals surface area contributed by atoms with Gasteiger partial charge in [0.05, 0.1) is 0 Å². The number of hydrogen-bond donors (Lipinski definition) is 8. The van der Waals surface area contributed by atoms with Gasteiger partial charge in [-0.15, -0.1) is 0 Å². The van der Waals surface area contributed by atoms with Gasteiger partial charge >= 0.3 is 0 Å². The van der Waals surface area contributed by atoms with E-state index in [1.165, 1.54) is 13.8 Å². The molecular weight excluding hydrogens is 236 g/mol. The van der Waals surface area contributed by atoms with Crippen molar-refractivity contribution in [1.82, 2.24) is 0 Å². The maximum atomic E-state index is 7.33. The number of azo groups is 1. The van der Waals surface area contributed by atoms with Crippen LogP contribution in [0.2, 0.25) is 0 Å². The molecule has 0 aromatic carbocycles. The van der Waals surface area contributed by atoms with Crippen molar-refractivity contribution in [3.8, 4) is 0 Å². The van der Waals surface area contributed by atoms with E-state index in [2.05, 4.69) is 10.2 Å². The van der Waals surface area contributed by atoms with Gasteiger partial charge < -0.3 is 22.9 Å². The monoisotopic (exact) mass is 254 g/mol. The SMILES string of the molecule is CC(N=NC(C)(C(=N)N)C(=N)N)(C(=N)N)C(=N)N. The van der Waals surface area contributed by atoms with Crippen molar-refractivity contribution < 1.29 is 0 Å². The lowest BCUT2D eigenvalue weighted by molar-refractivity contribution is 0.651. The molecule has 18 heavy (non-hydrogen) atoms. The van der Waals surface area contributed by atoms with E-state index in [9.17, 15) is 0 Å². The number of amidine groups is 4. The quantitative estimate of drug-likeness (QED) is 0.164. The van der Waals surface area contributed by atoms with E-state index in [0.29, 0.717) is 0 Å². The minimum absolute atomic E-state index is 0.492. The summed E-state index contributed by atoms with van der Waals surface area (Å²) in [4.78, 5) is 0. The lowest BCUT2D eigenvalue weighted by Gasteiger charge is -2.25. The van der Waals surface area contributed by atoms with E-state index in [1.54, 1.807) is 0 Å². The second-order valence-electron chi connectivity index (χ2n) is 4.00. The summed E-state index contributed by atoms with van der Waals surface area (Å²) in [6, 6.07) is 0. The molecular formula is C8H18N10. The number of hydrogen-bond acceptors (Lipinski definition) is 6. The Hall–Kier alpha value is -2.52. The van der Waals surface area contributed by atoms with Crippen LogP contribution in [0.5, 0.6) is 0 Å². The van der Waals surface area contributed by atoms with Crippen LogP contribution in [0.15, 0.2) is 10.2 Å². The Bertz CT molecular complexity index is 365. The summed E-state index contributed by atoms with van der Waals surface area (Å²) in [6.07, 6.45) is 0. The van der Waals surface area contributed by atoms with Gasteiger partial charge in [0.15, 0.2) is 11.1 Å². The van der Waals surface area contributed by atoms with E-state index in [-0.39, 0.29) is 0 Å². The van der Waals surface area contributed by atoms with Crippen LogP contribution in [-0.4, -0.2) is 34.4 Å². The van der Waals surface area contributed by atoms with Gasteiger partial charge in [-0.2, -0.15) is 10.2 Å². The van der Waals surface area contributed by atoms with Crippen LogP contribution in [0.1, 0.15) is 13.8 Å². The van der Waals surface area contributed by atoms with E-state index < -0.39 is 34.4 Å². The molecule has 0 saturated heterocycles. The van der Waals surface area contributed by atoms with Gasteiger partial charge in [0.25, 0.3) is 0 Å². The Morgan fingerprint density at radius 1 is 0.667 bits per heavy atom. The number of nitrogens with one attached hydrogen (secondary N) is 4. The van der Waals surface area contributed by atoms with Crippen LogP contribution in [-0.2, 0) is 0 Å². The highest BCUT2D eigenvalue weighted by molar-refractivity contribution is 6.11. The highest BCUT2D eigenvalue weighted by atomic mass is 15.2. The fourth-order valence-corrected chi connectivity index (χ4v) is 0.706. The molecule has 0 aliphatic carbocycles. The molecule has 10 heteroatoms. The molecule has 0 amide bonds. The first-order chi connectivity index (χ1) is 7.98. The van der Waals surface area contributed by atoms with E-state index in [0.717, 1.165) is 0 Å². The molecule has 10 nitrogen and oxygen atoms in total. The molecule has 0 aromatic heterocycles. The third-order valence-electron chi connectivity index (χ3n) is 2.55. The zero-order chi connectivity index (χ0) is 14.7. The van der Waals surface area contributed by atoms with Gasteiger partial charge in [-0.1, -0.05) is 0 Å². The summed E-state index contributed by atoms with van der Waals surface area (Å²) in [5.41, 5.74) is 17.9. The van der Waals surface area contributed by atoms with E-state index in [4.69, 9.17) is 44.6 Å². The van der Waals surface area contributed by atoms with E-state index >= 15 is 0 Å². The Morgan fingerprint density at radius 3 is 0.944 bits per heavy atom. The summed E-state index contributed by atoms with van der Waals surface area (Å²) < 4.78 is 0. The number of nitrogens with two attached hydrogens (primary N) is 4. The molecule has 0 saturated carbocycles. The molecule has 0 unspecified atom stereocenters. The van der Waals surface area contributed by atoms with Crippen LogP contribution < -0.4 is 22.9 Å². The Morgan fingerprint density at radius 2 is 0.833 bits per heavy atom. The molecule has 0 aromatic rings. The summed E-state index contributed by atoms with van der Waals surface area (Å²) >= 11 is 0. The maximum Gasteiger partial charge on any atom is 0.191 e. The van der Waals surface area contributed by atoms with Gasteiger partial charge in [-0.3, -0.25) is 21.6 Å². The largest absolute Gasteiger partial charge is 0.385 e. The molecule has 0 radical (unpaired) electrons. The normalized spacial score (nSPS) is 17.7. The first-order valence-electron chi connectivity index (χ1n) is 4.80. The molecule has 0 fully saturated rings. The zero-order valence-corrected chi connectivity index (χ0v) is 10.2. The maximum absolute atomic E-state index is 7.33. The highest BCUT2D eigenvalue weighted by Crippen LogP contribution is 2.16. The molecule has 0 rings (SSSR count). The van der Waals surface area contributed by atoms with Crippen molar-refractivity contribution in [2.75, 3.05) is 0 Å². The van der Waals surface area contributed by atoms with Crippen LogP contribution in [0.3, 0.4) is 0 Å². The second kappa shape index (κ2) is 4.77. The minimum atomic E-state index is -1.65. The van der Waals surface area contributed by atoms with Crippen molar-refractivity contribution in [3.05, 3.63) is 0 Å². The first kappa shape index (κ1) is 15.5. The van der Waals surface area contributed by atoms with Crippen molar-refractivity contribution in [2.45, 2.75) is 24.9 Å². The molecule has 0 spiro atoms. The van der Waals surface area contributed by atoms with Crippen molar-refractivity contribution in [1.29, 1.82) is 21.6 Å². The van der Waals surface area contributed by atoms with Gasteiger partial charge in [-0.25, -0.2) is 0 Å². The molecule has 0 heterocycles. The Labute approximate surface area is 104 Å². The van der Waals surface area contributed by atoms with E-state index in [1.807, 2.05) is 0 Å². The second-order valence-corrected chi connectivity index (χ2v) is 4.00. The summed E-state index contributed by atoms with van der Waals surface area (Å²) in [7, 11) is 0. The standard InChI is InChI=1S/C8H18N10/c1-7(3(9)10,4(11)12)17-18-8(2,5(13)14)6(15)16/h1-2H3,(H3,9,10)(H3,11,12)(H3,13,14)(H3,15,16). The highest BCUT2D eigenvalue weighted by Gasteiger charge is 2.37. The molecule has 0 aliphatic heterocycles. The van der Waals surface area contributed by atoms with Gasteiger partial charge in [0.2, 0.25) is 0 Å². The first-order valence-corrected chi connectivity index (χ1v) is 4.80. The van der Waals surface area contributed by atoms with Crippen LogP contribution in [0, 0.1) is 21.6 Å². The smallest absolute Gasteiger partial charge is 0.191 e. The van der Waals surface area contributed by atoms with Crippen molar-refractivity contribution >= 4 is 23.3 Å². The fourth-order valence-electron chi connectivity index (χ4n) is 0.706. The number of nitrogens with zero attached hydrogens (tertiary/aromatic N) is 2. The predicted molar refractivity (Wildman–Crippen MR) is 69.3 cm³/mol.